The van der Waals surface area contributed by atoms with Gasteiger partial charge in [-0.1, -0.05) is 13.3 Å². The minimum Gasteiger partial charge on any atom is -0.355 e. The van der Waals surface area contributed by atoms with Gasteiger partial charge in [0, 0.05) is 19.6 Å². The average Bonchev–Trinajstić information content (AvgIpc) is 2.39. The van der Waals surface area contributed by atoms with Crippen LogP contribution in [0.5, 0.6) is 0 Å². The number of rotatable bonds is 3. The summed E-state index contributed by atoms with van der Waals surface area (Å²) in [5.74, 6) is 1.89. The summed E-state index contributed by atoms with van der Waals surface area (Å²) in [7, 11) is 0. The number of nitrogens with zero attached hydrogens (tertiary/aromatic N) is 3. The normalized spacial score (nSPS) is 17.8. The van der Waals surface area contributed by atoms with Crippen LogP contribution in [0.4, 0.5) is 5.82 Å². The highest BCUT2D eigenvalue weighted by Gasteiger charge is 2.18. The first-order chi connectivity index (χ1) is 7.83. The lowest BCUT2D eigenvalue weighted by Gasteiger charge is -2.32. The first kappa shape index (κ1) is 11.3. The van der Waals surface area contributed by atoms with Crippen LogP contribution in [0.1, 0.15) is 31.9 Å². The van der Waals surface area contributed by atoms with Crippen molar-refractivity contribution in [1.82, 2.24) is 9.97 Å². The predicted octanol–water partition coefficient (Wildman–Crippen LogP) is 1.56. The zero-order valence-corrected chi connectivity index (χ0v) is 9.89. The van der Waals surface area contributed by atoms with E-state index < -0.39 is 0 Å². The summed E-state index contributed by atoms with van der Waals surface area (Å²) in [6, 6.07) is 0. The number of piperidine rings is 1. The van der Waals surface area contributed by atoms with Crippen molar-refractivity contribution in [3.05, 3.63) is 18.1 Å². The van der Waals surface area contributed by atoms with E-state index >= 15 is 0 Å². The van der Waals surface area contributed by atoms with E-state index in [9.17, 15) is 0 Å². The van der Waals surface area contributed by atoms with Crippen LogP contribution in [0.2, 0.25) is 0 Å². The zero-order chi connectivity index (χ0) is 11.4. The lowest BCUT2D eigenvalue weighted by atomic mass is 9.94. The highest BCUT2D eigenvalue weighted by atomic mass is 15.2. The Hall–Kier alpha value is -1.16. The van der Waals surface area contributed by atoms with Gasteiger partial charge in [-0.2, -0.15) is 0 Å². The highest BCUT2D eigenvalue weighted by Crippen LogP contribution is 2.23. The van der Waals surface area contributed by atoms with Crippen LogP contribution < -0.4 is 10.6 Å². The van der Waals surface area contributed by atoms with Crippen molar-refractivity contribution in [2.24, 2.45) is 11.7 Å². The van der Waals surface area contributed by atoms with E-state index in [-0.39, 0.29) is 0 Å². The van der Waals surface area contributed by atoms with E-state index in [0.29, 0.717) is 6.54 Å². The molecule has 0 amide bonds. The monoisotopic (exact) mass is 220 g/mol. The molecule has 1 aromatic rings. The van der Waals surface area contributed by atoms with Crippen molar-refractivity contribution >= 4 is 5.82 Å². The molecule has 0 radical (unpaired) electrons. The molecule has 4 nitrogen and oxygen atoms in total. The van der Waals surface area contributed by atoms with Crippen LogP contribution in [0, 0.1) is 5.92 Å². The number of anilines is 1. The Morgan fingerprint density at radius 3 is 2.56 bits per heavy atom. The molecular formula is C12H20N4. The molecule has 2 N–H and O–H groups in total. The molecule has 0 unspecified atom stereocenters. The molecule has 1 aliphatic rings. The first-order valence-electron chi connectivity index (χ1n) is 6.09. The Bertz CT molecular complexity index is 314. The minimum absolute atomic E-state index is 0.463. The molecule has 2 rings (SSSR count). The Balaban J connectivity index is 1.97. The van der Waals surface area contributed by atoms with Gasteiger partial charge < -0.3 is 10.6 Å². The Morgan fingerprint density at radius 1 is 1.31 bits per heavy atom. The average molecular weight is 220 g/mol. The third-order valence-electron chi connectivity index (χ3n) is 3.42. The summed E-state index contributed by atoms with van der Waals surface area (Å²) in [5, 5.41) is 0. The zero-order valence-electron chi connectivity index (χ0n) is 9.89. The number of hydrogen-bond donors (Lipinski definition) is 1. The summed E-state index contributed by atoms with van der Waals surface area (Å²) >= 11 is 0. The van der Waals surface area contributed by atoms with Gasteiger partial charge in [0.05, 0.1) is 18.1 Å². The summed E-state index contributed by atoms with van der Waals surface area (Å²) in [4.78, 5) is 11.0. The van der Waals surface area contributed by atoms with Crippen LogP contribution in [0.3, 0.4) is 0 Å². The van der Waals surface area contributed by atoms with Gasteiger partial charge in [-0.15, -0.1) is 0 Å². The van der Waals surface area contributed by atoms with E-state index in [0.717, 1.165) is 30.5 Å². The van der Waals surface area contributed by atoms with Gasteiger partial charge in [-0.25, -0.2) is 4.98 Å². The Labute approximate surface area is 96.9 Å². The summed E-state index contributed by atoms with van der Waals surface area (Å²) in [6.45, 7) is 4.95. The van der Waals surface area contributed by atoms with E-state index in [1.807, 2.05) is 6.20 Å². The summed E-state index contributed by atoms with van der Waals surface area (Å²) < 4.78 is 0. The molecule has 4 heteroatoms. The van der Waals surface area contributed by atoms with Gasteiger partial charge in [-0.3, -0.25) is 4.98 Å². The smallest absolute Gasteiger partial charge is 0.147 e. The molecule has 0 aliphatic carbocycles. The quantitative estimate of drug-likeness (QED) is 0.840. The van der Waals surface area contributed by atoms with Crippen LogP contribution in [0.25, 0.3) is 0 Å². The standard InChI is InChI=1S/C12H20N4/c1-2-10-3-5-16(6-4-10)12-9-14-11(7-13)8-15-12/h8-10H,2-7,13H2,1H3. The third kappa shape index (κ3) is 2.50. The van der Waals surface area contributed by atoms with Gasteiger partial charge in [0.15, 0.2) is 0 Å². The fourth-order valence-corrected chi connectivity index (χ4v) is 2.19. The van der Waals surface area contributed by atoms with E-state index in [1.54, 1.807) is 6.20 Å². The second-order valence-corrected chi connectivity index (χ2v) is 4.41. The number of aromatic nitrogens is 2. The highest BCUT2D eigenvalue weighted by molar-refractivity contribution is 5.36. The molecule has 2 heterocycles. The van der Waals surface area contributed by atoms with Gasteiger partial charge in [0.2, 0.25) is 0 Å². The lowest BCUT2D eigenvalue weighted by molar-refractivity contribution is 0.393. The summed E-state index contributed by atoms with van der Waals surface area (Å²) in [6.07, 6.45) is 7.47. The fourth-order valence-electron chi connectivity index (χ4n) is 2.19. The van der Waals surface area contributed by atoms with Gasteiger partial charge in [0.25, 0.3) is 0 Å². The largest absolute Gasteiger partial charge is 0.355 e. The van der Waals surface area contributed by atoms with Crippen LogP contribution in [-0.2, 0) is 6.54 Å². The minimum atomic E-state index is 0.463. The maximum absolute atomic E-state index is 5.50. The second-order valence-electron chi connectivity index (χ2n) is 4.41. The van der Waals surface area contributed by atoms with Crippen molar-refractivity contribution in [1.29, 1.82) is 0 Å². The van der Waals surface area contributed by atoms with Crippen LogP contribution in [0.15, 0.2) is 12.4 Å². The maximum atomic E-state index is 5.50. The van der Waals surface area contributed by atoms with Gasteiger partial charge in [0.1, 0.15) is 5.82 Å². The van der Waals surface area contributed by atoms with Crippen molar-refractivity contribution in [2.75, 3.05) is 18.0 Å². The molecule has 0 spiro atoms. The summed E-state index contributed by atoms with van der Waals surface area (Å²) in [5.41, 5.74) is 6.35. The van der Waals surface area contributed by atoms with Crippen LogP contribution in [-0.4, -0.2) is 23.1 Å². The molecule has 0 bridgehead atoms. The third-order valence-corrected chi connectivity index (χ3v) is 3.42. The maximum Gasteiger partial charge on any atom is 0.147 e. The molecule has 1 fully saturated rings. The molecular weight excluding hydrogens is 200 g/mol. The van der Waals surface area contributed by atoms with Crippen molar-refractivity contribution in [3.8, 4) is 0 Å². The van der Waals surface area contributed by atoms with Gasteiger partial charge >= 0.3 is 0 Å². The molecule has 0 atom stereocenters. The van der Waals surface area contributed by atoms with E-state index in [4.69, 9.17) is 5.73 Å². The molecule has 1 aromatic heterocycles. The predicted molar refractivity (Wildman–Crippen MR) is 65.2 cm³/mol. The molecule has 88 valence electrons. The lowest BCUT2D eigenvalue weighted by Crippen LogP contribution is -2.34. The molecule has 16 heavy (non-hydrogen) atoms. The van der Waals surface area contributed by atoms with E-state index in [2.05, 4.69) is 21.8 Å². The second kappa shape index (κ2) is 5.25. The molecule has 1 saturated heterocycles. The van der Waals surface area contributed by atoms with E-state index in [1.165, 1.54) is 19.3 Å². The van der Waals surface area contributed by atoms with Crippen molar-refractivity contribution in [3.63, 3.8) is 0 Å². The van der Waals surface area contributed by atoms with Gasteiger partial charge in [-0.05, 0) is 18.8 Å². The number of hydrogen-bond acceptors (Lipinski definition) is 4. The van der Waals surface area contributed by atoms with Crippen LogP contribution >= 0.6 is 0 Å². The Kier molecular flexibility index (Phi) is 3.72. The Morgan fingerprint density at radius 2 is 2.06 bits per heavy atom. The fraction of sp³-hybridized carbons (Fsp3) is 0.667. The molecule has 0 saturated carbocycles. The molecule has 1 aliphatic heterocycles. The van der Waals surface area contributed by atoms with Crippen molar-refractivity contribution in [2.45, 2.75) is 32.7 Å². The first-order valence-corrected chi connectivity index (χ1v) is 6.09. The number of nitrogens with two attached hydrogens (primary N) is 1. The SMILES string of the molecule is CCC1CCN(c2cnc(CN)cn2)CC1. The topological polar surface area (TPSA) is 55.0 Å². The molecule has 0 aromatic carbocycles. The van der Waals surface area contributed by atoms with Crippen molar-refractivity contribution < 1.29 is 0 Å².